The number of carbonyl (C=O) groups is 2. The van der Waals surface area contributed by atoms with Gasteiger partial charge in [0.05, 0.1) is 5.69 Å². The molecule has 0 bridgehead atoms. The van der Waals surface area contributed by atoms with Crippen LogP contribution in [0.3, 0.4) is 0 Å². The van der Waals surface area contributed by atoms with Crippen LogP contribution in [0.25, 0.3) is 0 Å². The van der Waals surface area contributed by atoms with Gasteiger partial charge in [0.25, 0.3) is 0 Å². The van der Waals surface area contributed by atoms with Crippen molar-refractivity contribution in [3.05, 3.63) is 29.8 Å². The third kappa shape index (κ3) is 2.96. The van der Waals surface area contributed by atoms with Crippen LogP contribution in [0, 0.1) is 11.6 Å². The Morgan fingerprint density at radius 3 is 2.71 bits per heavy atom. The summed E-state index contributed by atoms with van der Waals surface area (Å²) >= 11 is 0. The summed E-state index contributed by atoms with van der Waals surface area (Å²) in [6.07, 6.45) is 1.68. The Bertz CT molecular complexity index is 579. The number of hydrogen-bond acceptors (Lipinski definition) is 2. The van der Waals surface area contributed by atoms with Gasteiger partial charge in [-0.3, -0.25) is 0 Å². The van der Waals surface area contributed by atoms with Gasteiger partial charge in [0.2, 0.25) is 0 Å². The van der Waals surface area contributed by atoms with E-state index in [4.69, 9.17) is 0 Å². The number of carbonyl (C=O) groups excluding carboxylic acids is 1. The van der Waals surface area contributed by atoms with Crippen LogP contribution in [0.1, 0.15) is 26.2 Å². The van der Waals surface area contributed by atoms with Gasteiger partial charge in [0, 0.05) is 12.6 Å². The first-order valence-corrected chi connectivity index (χ1v) is 6.61. The van der Waals surface area contributed by atoms with Gasteiger partial charge in [-0.25, -0.2) is 18.4 Å². The second-order valence-electron chi connectivity index (χ2n) is 5.24. The lowest BCUT2D eigenvalue weighted by molar-refractivity contribution is -0.150. The monoisotopic (exact) mass is 298 g/mol. The molecule has 2 amide bonds. The fourth-order valence-corrected chi connectivity index (χ4v) is 2.44. The molecule has 1 aliphatic heterocycles. The maximum absolute atomic E-state index is 13.5. The van der Waals surface area contributed by atoms with Gasteiger partial charge >= 0.3 is 12.0 Å². The van der Waals surface area contributed by atoms with Crippen LogP contribution in [0.2, 0.25) is 0 Å². The average Bonchev–Trinajstić information content (AvgIpc) is 2.43. The molecule has 1 unspecified atom stereocenters. The van der Waals surface area contributed by atoms with Gasteiger partial charge in [-0.15, -0.1) is 0 Å². The number of aliphatic carboxylic acids is 1. The van der Waals surface area contributed by atoms with E-state index in [0.717, 1.165) is 23.1 Å². The molecule has 1 aromatic carbocycles. The highest BCUT2D eigenvalue weighted by Gasteiger charge is 2.44. The summed E-state index contributed by atoms with van der Waals surface area (Å²) in [7, 11) is 0. The molecule has 0 aliphatic carbocycles. The van der Waals surface area contributed by atoms with Crippen LogP contribution in [-0.2, 0) is 4.79 Å². The normalized spacial score (nSPS) is 22.0. The summed E-state index contributed by atoms with van der Waals surface area (Å²) < 4.78 is 26.6. The second-order valence-corrected chi connectivity index (χ2v) is 5.24. The Morgan fingerprint density at radius 1 is 1.33 bits per heavy atom. The predicted octanol–water partition coefficient (Wildman–Crippen LogP) is 2.83. The number of rotatable bonds is 2. The van der Waals surface area contributed by atoms with Crippen molar-refractivity contribution in [3.63, 3.8) is 0 Å². The number of carboxylic acid groups (broad SMARTS) is 1. The molecule has 21 heavy (non-hydrogen) atoms. The molecule has 2 rings (SSSR count). The highest BCUT2D eigenvalue weighted by atomic mass is 19.1. The third-order valence-electron chi connectivity index (χ3n) is 3.77. The van der Waals surface area contributed by atoms with Crippen molar-refractivity contribution in [1.82, 2.24) is 4.90 Å². The van der Waals surface area contributed by atoms with Crippen LogP contribution in [0.15, 0.2) is 18.2 Å². The molecule has 5 nitrogen and oxygen atoms in total. The van der Waals surface area contributed by atoms with Gasteiger partial charge in [-0.2, -0.15) is 0 Å². The van der Waals surface area contributed by atoms with Crippen molar-refractivity contribution >= 4 is 17.7 Å². The predicted molar refractivity (Wildman–Crippen MR) is 72.0 cm³/mol. The first-order chi connectivity index (χ1) is 9.84. The van der Waals surface area contributed by atoms with E-state index in [9.17, 15) is 23.5 Å². The number of hydrogen-bond donors (Lipinski definition) is 2. The Hall–Kier alpha value is -2.18. The summed E-state index contributed by atoms with van der Waals surface area (Å²) in [5, 5.41) is 11.6. The number of amides is 2. The summed E-state index contributed by atoms with van der Waals surface area (Å²) in [5.74, 6) is -2.58. The first-order valence-electron chi connectivity index (χ1n) is 6.61. The van der Waals surface area contributed by atoms with Gasteiger partial charge in [-0.05, 0) is 38.3 Å². The topological polar surface area (TPSA) is 69.6 Å². The number of likely N-dealkylation sites (tertiary alicyclic amines) is 1. The van der Waals surface area contributed by atoms with Crippen molar-refractivity contribution < 1.29 is 23.5 Å². The van der Waals surface area contributed by atoms with Crippen LogP contribution in [0.5, 0.6) is 0 Å². The van der Waals surface area contributed by atoms with Crippen LogP contribution >= 0.6 is 0 Å². The van der Waals surface area contributed by atoms with E-state index in [1.165, 1.54) is 6.92 Å². The molecule has 0 spiro atoms. The molecule has 1 aliphatic rings. The van der Waals surface area contributed by atoms with E-state index < -0.39 is 29.2 Å². The van der Waals surface area contributed by atoms with E-state index >= 15 is 0 Å². The van der Waals surface area contributed by atoms with Crippen molar-refractivity contribution in [1.29, 1.82) is 0 Å². The molecule has 1 fully saturated rings. The number of nitrogens with one attached hydrogen (secondary N) is 1. The molecule has 114 valence electrons. The van der Waals surface area contributed by atoms with Crippen LogP contribution in [-0.4, -0.2) is 34.1 Å². The van der Waals surface area contributed by atoms with E-state index in [0.29, 0.717) is 19.3 Å². The summed E-state index contributed by atoms with van der Waals surface area (Å²) in [6, 6.07) is 1.95. The number of benzene rings is 1. The average molecular weight is 298 g/mol. The molecular weight excluding hydrogens is 282 g/mol. The quantitative estimate of drug-likeness (QED) is 0.882. The minimum atomic E-state index is -1.34. The number of nitrogens with zero attached hydrogens (tertiary/aromatic N) is 1. The fraction of sp³-hybridized carbons (Fsp3) is 0.429. The molecule has 1 aromatic rings. The van der Waals surface area contributed by atoms with E-state index in [1.807, 2.05) is 0 Å². The van der Waals surface area contributed by atoms with Crippen molar-refractivity contribution in [2.75, 3.05) is 11.9 Å². The molecule has 0 aromatic heterocycles. The largest absolute Gasteiger partial charge is 0.480 e. The number of halogens is 2. The van der Waals surface area contributed by atoms with E-state index in [1.54, 1.807) is 0 Å². The standard InChI is InChI=1S/C14H16F2N2O3/c1-14(12(19)20)6-2-3-7-18(14)13(21)17-11-8-9(15)4-5-10(11)16/h4-5,8H,2-3,6-7H2,1H3,(H,17,21)(H,19,20). The molecule has 7 heteroatoms. The Labute approximate surface area is 120 Å². The lowest BCUT2D eigenvalue weighted by Crippen LogP contribution is -2.58. The second kappa shape index (κ2) is 5.67. The lowest BCUT2D eigenvalue weighted by atomic mass is 9.89. The Balaban J connectivity index is 2.22. The Morgan fingerprint density at radius 2 is 2.05 bits per heavy atom. The van der Waals surface area contributed by atoms with Crippen LogP contribution < -0.4 is 5.32 Å². The maximum Gasteiger partial charge on any atom is 0.329 e. The number of urea groups is 1. The smallest absolute Gasteiger partial charge is 0.329 e. The molecule has 0 radical (unpaired) electrons. The van der Waals surface area contributed by atoms with E-state index in [2.05, 4.69) is 5.32 Å². The van der Waals surface area contributed by atoms with Gasteiger partial charge in [-0.1, -0.05) is 0 Å². The highest BCUT2D eigenvalue weighted by Crippen LogP contribution is 2.29. The molecular formula is C14H16F2N2O3. The van der Waals surface area contributed by atoms with Crippen molar-refractivity contribution in [2.45, 2.75) is 31.7 Å². The fourth-order valence-electron chi connectivity index (χ4n) is 2.44. The first kappa shape index (κ1) is 15.2. The summed E-state index contributed by atoms with van der Waals surface area (Å²) in [6.45, 7) is 1.71. The van der Waals surface area contributed by atoms with Gasteiger partial charge < -0.3 is 15.3 Å². The SMILES string of the molecule is CC1(C(=O)O)CCCCN1C(=O)Nc1cc(F)ccc1F. The zero-order valence-electron chi connectivity index (χ0n) is 11.5. The molecule has 1 saturated heterocycles. The number of piperidine rings is 1. The third-order valence-corrected chi connectivity index (χ3v) is 3.77. The molecule has 2 N–H and O–H groups in total. The summed E-state index contributed by atoms with van der Waals surface area (Å²) in [5.41, 5.74) is -1.65. The number of carboxylic acids is 1. The van der Waals surface area contributed by atoms with Crippen molar-refractivity contribution in [2.24, 2.45) is 0 Å². The molecule has 1 heterocycles. The molecule has 1 atom stereocenters. The van der Waals surface area contributed by atoms with Crippen LogP contribution in [0.4, 0.5) is 19.3 Å². The van der Waals surface area contributed by atoms with E-state index in [-0.39, 0.29) is 12.2 Å². The minimum absolute atomic E-state index is 0.256. The van der Waals surface area contributed by atoms with Crippen molar-refractivity contribution in [3.8, 4) is 0 Å². The number of anilines is 1. The highest BCUT2D eigenvalue weighted by molar-refractivity contribution is 5.94. The lowest BCUT2D eigenvalue weighted by Gasteiger charge is -2.41. The zero-order valence-corrected chi connectivity index (χ0v) is 11.5. The minimum Gasteiger partial charge on any atom is -0.480 e. The Kier molecular flexibility index (Phi) is 4.11. The van der Waals surface area contributed by atoms with Gasteiger partial charge in [0.1, 0.15) is 17.2 Å². The zero-order chi connectivity index (χ0) is 15.6. The molecule has 0 saturated carbocycles. The van der Waals surface area contributed by atoms with Gasteiger partial charge in [0.15, 0.2) is 0 Å². The maximum atomic E-state index is 13.5. The summed E-state index contributed by atoms with van der Waals surface area (Å²) in [4.78, 5) is 24.8.